The maximum absolute atomic E-state index is 5.24. The van der Waals surface area contributed by atoms with Gasteiger partial charge in [0.25, 0.3) is 0 Å². The van der Waals surface area contributed by atoms with Crippen LogP contribution in [0.25, 0.3) is 0 Å². The van der Waals surface area contributed by atoms with Crippen molar-refractivity contribution in [3.8, 4) is 18.1 Å². The molecule has 0 heterocycles. The Morgan fingerprint density at radius 3 is 2.93 bits per heavy atom. The molecule has 0 N–H and O–H groups in total. The maximum atomic E-state index is 5.24. The van der Waals surface area contributed by atoms with Crippen LogP contribution in [0.3, 0.4) is 0 Å². The van der Waals surface area contributed by atoms with Gasteiger partial charge in [-0.05, 0) is 30.0 Å². The molecule has 0 saturated heterocycles. The van der Waals surface area contributed by atoms with Crippen molar-refractivity contribution in [2.24, 2.45) is 0 Å². The number of benzene rings is 1. The zero-order valence-corrected chi connectivity index (χ0v) is 8.79. The molecule has 1 rings (SSSR count). The second kappa shape index (κ2) is 5.34. The minimum Gasteiger partial charge on any atom is -0.497 e. The second-order valence-electron chi connectivity index (χ2n) is 3.42. The van der Waals surface area contributed by atoms with Crippen LogP contribution in [0.4, 0.5) is 0 Å². The van der Waals surface area contributed by atoms with Crippen LogP contribution in [0, 0.1) is 12.3 Å². The summed E-state index contributed by atoms with van der Waals surface area (Å²) in [6, 6.07) is 8.16. The molecule has 1 aromatic rings. The van der Waals surface area contributed by atoms with Crippen molar-refractivity contribution >= 4 is 0 Å². The number of hydrogen-bond donors (Lipinski definition) is 0. The first kappa shape index (κ1) is 10.7. The van der Waals surface area contributed by atoms with E-state index >= 15 is 0 Å². The van der Waals surface area contributed by atoms with Crippen molar-refractivity contribution in [1.82, 2.24) is 0 Å². The van der Waals surface area contributed by atoms with Gasteiger partial charge in [0.05, 0.1) is 7.11 Å². The third kappa shape index (κ3) is 2.81. The van der Waals surface area contributed by atoms with E-state index in [0.29, 0.717) is 5.92 Å². The van der Waals surface area contributed by atoms with Crippen molar-refractivity contribution in [2.75, 3.05) is 7.11 Å². The molecule has 0 aromatic heterocycles. The Kier molecular flexibility index (Phi) is 4.07. The molecular weight excluding hydrogens is 172 g/mol. The van der Waals surface area contributed by atoms with Crippen molar-refractivity contribution in [3.63, 3.8) is 0 Å². The van der Waals surface area contributed by atoms with Crippen molar-refractivity contribution in [2.45, 2.75) is 25.7 Å². The molecule has 0 spiro atoms. The number of ether oxygens (including phenoxy) is 1. The van der Waals surface area contributed by atoms with E-state index < -0.39 is 0 Å². The maximum Gasteiger partial charge on any atom is 0.119 e. The number of terminal acetylenes is 1. The molecular formula is C13H16O. The molecule has 1 atom stereocenters. The quantitative estimate of drug-likeness (QED) is 0.659. The lowest BCUT2D eigenvalue weighted by Gasteiger charge is -2.11. The highest BCUT2D eigenvalue weighted by Gasteiger charge is 2.04. The van der Waals surface area contributed by atoms with Gasteiger partial charge in [0.15, 0.2) is 0 Å². The van der Waals surface area contributed by atoms with Gasteiger partial charge >= 0.3 is 0 Å². The largest absolute Gasteiger partial charge is 0.497 e. The van der Waals surface area contributed by atoms with E-state index in [0.717, 1.165) is 18.6 Å². The third-order valence-electron chi connectivity index (χ3n) is 2.38. The summed E-state index contributed by atoms with van der Waals surface area (Å²) in [7, 11) is 1.69. The first-order valence-corrected chi connectivity index (χ1v) is 4.85. The van der Waals surface area contributed by atoms with E-state index in [4.69, 9.17) is 11.2 Å². The number of hydrogen-bond acceptors (Lipinski definition) is 1. The summed E-state index contributed by atoms with van der Waals surface area (Å²) < 4.78 is 5.17. The molecule has 1 aromatic carbocycles. The third-order valence-corrected chi connectivity index (χ3v) is 2.38. The molecule has 0 aliphatic heterocycles. The van der Waals surface area contributed by atoms with Crippen LogP contribution in [0.15, 0.2) is 24.3 Å². The Labute approximate surface area is 86.1 Å². The van der Waals surface area contributed by atoms with Crippen LogP contribution in [-0.2, 0) is 0 Å². The molecule has 14 heavy (non-hydrogen) atoms. The molecule has 0 aliphatic rings. The summed E-state index contributed by atoms with van der Waals surface area (Å²) in [5.74, 6) is 4.08. The fraction of sp³-hybridized carbons (Fsp3) is 0.385. The molecule has 1 heteroatoms. The molecule has 0 fully saturated rings. The van der Waals surface area contributed by atoms with Gasteiger partial charge in [-0.2, -0.15) is 0 Å². The Bertz CT molecular complexity index is 322. The lowest BCUT2D eigenvalue weighted by molar-refractivity contribution is 0.414. The van der Waals surface area contributed by atoms with Gasteiger partial charge in [-0.1, -0.05) is 19.1 Å². The van der Waals surface area contributed by atoms with Crippen LogP contribution < -0.4 is 4.74 Å². The summed E-state index contributed by atoms with van der Waals surface area (Å²) in [6.45, 7) is 2.19. The monoisotopic (exact) mass is 188 g/mol. The van der Waals surface area contributed by atoms with E-state index in [1.807, 2.05) is 12.1 Å². The van der Waals surface area contributed by atoms with Gasteiger partial charge in [-0.15, -0.1) is 12.3 Å². The molecule has 0 aliphatic carbocycles. The predicted octanol–water partition coefficient (Wildman–Crippen LogP) is 3.21. The fourth-order valence-electron chi connectivity index (χ4n) is 1.41. The molecule has 74 valence electrons. The van der Waals surface area contributed by atoms with Crippen molar-refractivity contribution in [1.29, 1.82) is 0 Å². The standard InChI is InChI=1S/C13H16O/c1-4-5-7-11(2)12-8-6-9-13(10-12)14-3/h1,6,8-11H,5,7H2,2-3H3. The molecule has 0 amide bonds. The summed E-state index contributed by atoms with van der Waals surface area (Å²) in [5, 5.41) is 0. The molecule has 1 unspecified atom stereocenters. The SMILES string of the molecule is C#CCCC(C)c1cccc(OC)c1. The Morgan fingerprint density at radius 1 is 1.50 bits per heavy atom. The van der Waals surface area contributed by atoms with Gasteiger partial charge in [0.2, 0.25) is 0 Å². The average molecular weight is 188 g/mol. The van der Waals surface area contributed by atoms with Crippen LogP contribution in [0.5, 0.6) is 5.75 Å². The minimum absolute atomic E-state index is 0.501. The van der Waals surface area contributed by atoms with E-state index in [1.165, 1.54) is 5.56 Å². The summed E-state index contributed by atoms with van der Waals surface area (Å²) >= 11 is 0. The van der Waals surface area contributed by atoms with E-state index in [2.05, 4.69) is 25.0 Å². The van der Waals surface area contributed by atoms with Gasteiger partial charge in [-0.3, -0.25) is 0 Å². The van der Waals surface area contributed by atoms with E-state index in [9.17, 15) is 0 Å². The van der Waals surface area contributed by atoms with Gasteiger partial charge in [0, 0.05) is 6.42 Å². The molecule has 0 bridgehead atoms. The Morgan fingerprint density at radius 2 is 2.29 bits per heavy atom. The van der Waals surface area contributed by atoms with Gasteiger partial charge < -0.3 is 4.74 Å². The fourth-order valence-corrected chi connectivity index (χ4v) is 1.41. The van der Waals surface area contributed by atoms with E-state index in [-0.39, 0.29) is 0 Å². The van der Waals surface area contributed by atoms with Gasteiger partial charge in [-0.25, -0.2) is 0 Å². The van der Waals surface area contributed by atoms with Crippen molar-refractivity contribution in [3.05, 3.63) is 29.8 Å². The van der Waals surface area contributed by atoms with Crippen LogP contribution in [0.1, 0.15) is 31.2 Å². The highest BCUT2D eigenvalue weighted by Crippen LogP contribution is 2.23. The van der Waals surface area contributed by atoms with Crippen molar-refractivity contribution < 1.29 is 4.74 Å². The summed E-state index contributed by atoms with van der Waals surface area (Å²) in [6.07, 6.45) is 7.10. The summed E-state index contributed by atoms with van der Waals surface area (Å²) in [4.78, 5) is 0. The summed E-state index contributed by atoms with van der Waals surface area (Å²) in [5.41, 5.74) is 1.29. The lowest BCUT2D eigenvalue weighted by Crippen LogP contribution is -1.93. The molecule has 1 nitrogen and oxygen atoms in total. The molecule has 0 saturated carbocycles. The van der Waals surface area contributed by atoms with Gasteiger partial charge in [0.1, 0.15) is 5.75 Å². The number of rotatable bonds is 4. The minimum atomic E-state index is 0.501. The van der Waals surface area contributed by atoms with E-state index in [1.54, 1.807) is 7.11 Å². The normalized spacial score (nSPS) is 11.8. The van der Waals surface area contributed by atoms with Crippen LogP contribution >= 0.6 is 0 Å². The topological polar surface area (TPSA) is 9.23 Å². The Balaban J connectivity index is 2.70. The van der Waals surface area contributed by atoms with Crippen LogP contribution in [-0.4, -0.2) is 7.11 Å². The van der Waals surface area contributed by atoms with Crippen LogP contribution in [0.2, 0.25) is 0 Å². The highest BCUT2D eigenvalue weighted by molar-refractivity contribution is 5.30. The zero-order chi connectivity index (χ0) is 10.4. The smallest absolute Gasteiger partial charge is 0.119 e. The molecule has 0 radical (unpaired) electrons. The first-order valence-electron chi connectivity index (χ1n) is 4.85. The Hall–Kier alpha value is -1.42. The lowest BCUT2D eigenvalue weighted by atomic mass is 9.96. The highest BCUT2D eigenvalue weighted by atomic mass is 16.5. The first-order chi connectivity index (χ1) is 6.77. The zero-order valence-electron chi connectivity index (χ0n) is 8.79. The predicted molar refractivity (Wildman–Crippen MR) is 59.5 cm³/mol. The second-order valence-corrected chi connectivity index (χ2v) is 3.42. The number of methoxy groups -OCH3 is 1. The average Bonchev–Trinajstić information content (AvgIpc) is 2.26.